The van der Waals surface area contributed by atoms with Gasteiger partial charge in [0.2, 0.25) is 0 Å². The molecule has 1 aromatic carbocycles. The molecule has 2 heterocycles. The van der Waals surface area contributed by atoms with Crippen LogP contribution in [0.15, 0.2) is 36.5 Å². The monoisotopic (exact) mass is 417 g/mol. The van der Waals surface area contributed by atoms with Gasteiger partial charge in [-0.1, -0.05) is 24.6 Å². The van der Waals surface area contributed by atoms with Crippen LogP contribution < -0.4 is 5.32 Å². The number of pyridine rings is 1. The zero-order valence-corrected chi connectivity index (χ0v) is 15.6. The third kappa shape index (κ3) is 5.06. The molecule has 4 nitrogen and oxygen atoms in total. The fourth-order valence-electron chi connectivity index (χ4n) is 2.32. The number of piperidine rings is 1. The zero-order valence-electron chi connectivity index (χ0n) is 24.8. The molecule has 1 unspecified atom stereocenters. The van der Waals surface area contributed by atoms with Crippen molar-refractivity contribution < 1.29 is 27.3 Å². The third-order valence-electron chi connectivity index (χ3n) is 3.89. The molecule has 1 amide bonds. The summed E-state index contributed by atoms with van der Waals surface area (Å²) < 4.78 is 112. The number of hydrogen-bond donors (Lipinski definition) is 1. The smallest absolute Gasteiger partial charge is 0.253 e. The van der Waals surface area contributed by atoms with Crippen LogP contribution in [0.5, 0.6) is 0 Å². The van der Waals surface area contributed by atoms with Crippen molar-refractivity contribution in [3.63, 3.8) is 0 Å². The first-order chi connectivity index (χ1) is 17.1. The van der Waals surface area contributed by atoms with Gasteiger partial charge < -0.3 is 10.2 Å². The number of benzene rings is 1. The molecule has 28 heavy (non-hydrogen) atoms. The molecule has 0 radical (unpaired) electrons. The van der Waals surface area contributed by atoms with Crippen LogP contribution in [-0.2, 0) is 12.9 Å². The Labute approximate surface area is 183 Å². The Balaban J connectivity index is 1.95. The second-order valence-electron chi connectivity index (χ2n) is 5.91. The van der Waals surface area contributed by atoms with Crippen LogP contribution in [0.25, 0.3) is 0 Å². The average Bonchev–Trinajstić information content (AvgIpc) is 2.77. The van der Waals surface area contributed by atoms with Crippen molar-refractivity contribution in [2.24, 2.45) is 0 Å². The first-order valence-electron chi connectivity index (χ1n) is 13.3. The van der Waals surface area contributed by atoms with Gasteiger partial charge in [0, 0.05) is 64.3 Å². The lowest BCUT2D eigenvalue weighted by Crippen LogP contribution is -2.48. The summed E-state index contributed by atoms with van der Waals surface area (Å²) in [6.07, 6.45) is -5.92. The number of halogens is 3. The lowest BCUT2D eigenvalue weighted by molar-refractivity contribution is 0.0434. The molecule has 1 saturated heterocycles. The van der Waals surface area contributed by atoms with Crippen LogP contribution in [-0.4, -0.2) is 41.0 Å². The number of rotatable bonds is 6. The van der Waals surface area contributed by atoms with Crippen molar-refractivity contribution >= 4 is 17.5 Å². The van der Waals surface area contributed by atoms with E-state index >= 15 is 4.39 Å². The molecule has 0 spiro atoms. The highest BCUT2D eigenvalue weighted by Gasteiger charge is 2.35. The number of nitrogens with one attached hydrogen (secondary N) is 1. The molecule has 2 aromatic rings. The van der Waals surface area contributed by atoms with Crippen LogP contribution in [0, 0.1) is 5.82 Å². The van der Waals surface area contributed by atoms with Gasteiger partial charge in [-0.3, -0.25) is 9.78 Å². The van der Waals surface area contributed by atoms with Crippen LogP contribution in [0.3, 0.4) is 0 Å². The van der Waals surface area contributed by atoms with Gasteiger partial charge in [0.1, 0.15) is 11.5 Å². The van der Waals surface area contributed by atoms with E-state index in [1.165, 1.54) is 25.3 Å². The predicted octanol–water partition coefficient (Wildman–Crippen LogP) is 4.17. The molecule has 3 rings (SSSR count). The summed E-state index contributed by atoms with van der Waals surface area (Å²) in [5.74, 6) is -2.36. The fraction of sp³-hybridized carbons (Fsp3) is 0.429. The maximum atomic E-state index is 16.4. The van der Waals surface area contributed by atoms with Crippen LogP contribution >= 0.6 is 11.6 Å². The van der Waals surface area contributed by atoms with Crippen molar-refractivity contribution in [1.82, 2.24) is 15.2 Å². The van der Waals surface area contributed by atoms with Gasteiger partial charge in [-0.15, -0.1) is 0 Å². The van der Waals surface area contributed by atoms with Crippen molar-refractivity contribution in [1.29, 1.82) is 0 Å². The molecule has 1 fully saturated rings. The van der Waals surface area contributed by atoms with Crippen LogP contribution in [0.1, 0.15) is 55.0 Å². The quantitative estimate of drug-likeness (QED) is 0.767. The predicted molar refractivity (Wildman–Crippen MR) is 106 cm³/mol. The lowest BCUT2D eigenvalue weighted by atomic mass is 9.92. The van der Waals surface area contributed by atoms with E-state index in [2.05, 4.69) is 10.3 Å². The molecule has 1 aliphatic rings. The Kier molecular flexibility index (Phi) is 3.59. The maximum Gasteiger partial charge on any atom is 0.253 e. The minimum Gasteiger partial charge on any atom is -0.338 e. The number of aromatic nitrogens is 1. The Hall–Kier alpha value is -2.05. The highest BCUT2D eigenvalue weighted by molar-refractivity contribution is 6.31. The number of carbonyl (C=O) groups excluding carboxylic acids is 1. The summed E-state index contributed by atoms with van der Waals surface area (Å²) in [6, 6.07) is 5.17. The fourth-order valence-corrected chi connectivity index (χ4v) is 2.50. The molecule has 7 heteroatoms. The number of alkyl halides is 1. The van der Waals surface area contributed by atoms with Gasteiger partial charge >= 0.3 is 0 Å². The Morgan fingerprint density at radius 1 is 1.43 bits per heavy atom. The number of carbonyl (C=O) groups is 1. The highest BCUT2D eigenvalue weighted by atomic mass is 35.5. The summed E-state index contributed by atoms with van der Waals surface area (Å²) in [7, 11) is 0. The van der Waals surface area contributed by atoms with E-state index in [0.717, 1.165) is 18.2 Å². The Bertz CT molecular complexity index is 1230. The molecule has 1 N–H and O–H groups in total. The second-order valence-corrected chi connectivity index (χ2v) is 6.32. The molecule has 1 aliphatic heterocycles. The van der Waals surface area contributed by atoms with E-state index < -0.39 is 73.2 Å². The number of amides is 1. The molecule has 0 bridgehead atoms. The minimum absolute atomic E-state index is 0.123. The largest absolute Gasteiger partial charge is 0.338 e. The molecule has 1 aromatic heterocycles. The SMILES string of the molecule is [2H]C([2H])(C)c1ccc(CNC([2H])([2H])C2(F)CC([2H])([2H])N(C(=O)c3ccc(F)c(Cl)c3)C([2H])([2H])C2([2H])[2H])nc1. The van der Waals surface area contributed by atoms with Gasteiger partial charge in [0.15, 0.2) is 0 Å². The molecular formula is C21H24ClF2N3O. The van der Waals surface area contributed by atoms with E-state index in [0.29, 0.717) is 0 Å². The Morgan fingerprint density at radius 2 is 2.25 bits per heavy atom. The van der Waals surface area contributed by atoms with Crippen LogP contribution in [0.2, 0.25) is 5.02 Å². The summed E-state index contributed by atoms with van der Waals surface area (Å²) in [5, 5.41) is 1.60. The van der Waals surface area contributed by atoms with Crippen LogP contribution in [0.4, 0.5) is 8.78 Å². The van der Waals surface area contributed by atoms with E-state index in [4.69, 9.17) is 25.3 Å². The molecule has 150 valence electrons. The second kappa shape index (κ2) is 8.97. The molecule has 0 aliphatic carbocycles. The van der Waals surface area contributed by atoms with E-state index in [1.807, 2.05) is 0 Å². The first kappa shape index (κ1) is 11.2. The number of nitrogens with zero attached hydrogens (tertiary/aromatic N) is 2. The number of hydrogen-bond acceptors (Lipinski definition) is 3. The van der Waals surface area contributed by atoms with Gasteiger partial charge in [-0.25, -0.2) is 8.78 Å². The molecule has 1 atom stereocenters. The van der Waals surface area contributed by atoms with Gasteiger partial charge in [0.05, 0.1) is 10.7 Å². The Morgan fingerprint density at radius 3 is 2.93 bits per heavy atom. The normalized spacial score (nSPS) is 31.4. The summed E-state index contributed by atoms with van der Waals surface area (Å²) in [4.78, 5) is 16.9. The van der Waals surface area contributed by atoms with Gasteiger partial charge in [0.25, 0.3) is 5.91 Å². The third-order valence-corrected chi connectivity index (χ3v) is 4.18. The van der Waals surface area contributed by atoms with Crippen molar-refractivity contribution in [3.05, 3.63) is 64.2 Å². The molecular weight excluding hydrogens is 384 g/mol. The van der Waals surface area contributed by atoms with Crippen molar-refractivity contribution in [3.8, 4) is 0 Å². The summed E-state index contributed by atoms with van der Waals surface area (Å²) in [6.45, 7) is -9.55. The summed E-state index contributed by atoms with van der Waals surface area (Å²) in [5.41, 5.74) is -4.00. The zero-order chi connectivity index (χ0) is 29.1. The van der Waals surface area contributed by atoms with E-state index in [1.54, 1.807) is 0 Å². The molecule has 0 saturated carbocycles. The number of aryl methyl sites for hydroxylation is 1. The van der Waals surface area contributed by atoms with Crippen molar-refractivity contribution in [2.45, 2.75) is 38.3 Å². The summed E-state index contributed by atoms with van der Waals surface area (Å²) >= 11 is 5.67. The average molecular weight is 418 g/mol. The van der Waals surface area contributed by atoms with Gasteiger partial charge in [-0.2, -0.15) is 0 Å². The lowest BCUT2D eigenvalue weighted by Gasteiger charge is -2.36. The van der Waals surface area contributed by atoms with Crippen molar-refractivity contribution in [2.75, 3.05) is 19.5 Å². The highest BCUT2D eigenvalue weighted by Crippen LogP contribution is 2.27. The number of likely N-dealkylation sites (tertiary alicyclic amines) is 1. The minimum atomic E-state index is -3.86. The topological polar surface area (TPSA) is 45.2 Å². The maximum absolute atomic E-state index is 16.4. The van der Waals surface area contributed by atoms with E-state index in [-0.39, 0.29) is 16.2 Å². The first-order valence-corrected chi connectivity index (χ1v) is 8.65. The van der Waals surface area contributed by atoms with E-state index in [9.17, 15) is 9.18 Å². The standard InChI is InChI=1S/C21H24ClF2N3O/c1-2-15-3-5-17(26-12-15)13-25-14-21(24)7-9-27(10-8-21)20(28)16-4-6-19(23)18(22)11-16/h3-6,11-12,25H,2,7-10,13-14H2,1H3/i2D2,7D2,9D2,10D2,14D2. The van der Waals surface area contributed by atoms with Gasteiger partial charge in [-0.05, 0) is 36.2 Å².